The lowest BCUT2D eigenvalue weighted by atomic mass is 9.98. The van der Waals surface area contributed by atoms with Crippen molar-refractivity contribution in [2.24, 2.45) is 0 Å². The van der Waals surface area contributed by atoms with Gasteiger partial charge in [-0.05, 0) is 44.4 Å². The second kappa shape index (κ2) is 5.13. The lowest BCUT2D eigenvalue weighted by molar-refractivity contribution is 0.0701. The van der Waals surface area contributed by atoms with Crippen LogP contribution in [0.15, 0.2) is 12.1 Å². The predicted octanol–water partition coefficient (Wildman–Crippen LogP) is 3.67. The number of rotatable bonds is 3. The molecule has 0 bridgehead atoms. The van der Waals surface area contributed by atoms with E-state index in [4.69, 9.17) is 5.11 Å². The number of carboxylic acids is 1. The van der Waals surface area contributed by atoms with E-state index < -0.39 is 5.97 Å². The highest BCUT2D eigenvalue weighted by Crippen LogP contribution is 2.24. The number of carbonyl (C=O) groups is 1. The Balaban J connectivity index is 2.37. The summed E-state index contributed by atoms with van der Waals surface area (Å²) < 4.78 is 0. The van der Waals surface area contributed by atoms with Crippen molar-refractivity contribution in [2.75, 3.05) is 0 Å². The molecule has 1 aromatic heterocycles. The fraction of sp³-hybridized carbons (Fsp3) is 0.333. The Morgan fingerprint density at radius 3 is 2.26 bits per heavy atom. The maximum Gasteiger partial charge on any atom is 0.347 e. The van der Waals surface area contributed by atoms with Gasteiger partial charge in [-0.3, -0.25) is 0 Å². The SMILES string of the molecule is Cc1cc(C)c(Cc2nc(C)c(C(=O)O)s2)c(C)c1. The van der Waals surface area contributed by atoms with E-state index in [-0.39, 0.29) is 0 Å². The van der Waals surface area contributed by atoms with Crippen LogP contribution in [-0.4, -0.2) is 16.1 Å². The average molecular weight is 275 g/mol. The number of benzene rings is 1. The van der Waals surface area contributed by atoms with Crippen molar-refractivity contribution in [3.8, 4) is 0 Å². The van der Waals surface area contributed by atoms with E-state index in [1.165, 1.54) is 33.6 Å². The first-order chi connectivity index (χ1) is 8.88. The number of aryl methyl sites for hydroxylation is 4. The lowest BCUT2D eigenvalue weighted by Crippen LogP contribution is -1.96. The van der Waals surface area contributed by atoms with E-state index >= 15 is 0 Å². The molecular weight excluding hydrogens is 258 g/mol. The molecule has 0 spiro atoms. The van der Waals surface area contributed by atoms with Crippen LogP contribution in [0.2, 0.25) is 0 Å². The normalized spacial score (nSPS) is 10.7. The lowest BCUT2D eigenvalue weighted by Gasteiger charge is -2.09. The zero-order valence-corrected chi connectivity index (χ0v) is 12.4. The van der Waals surface area contributed by atoms with E-state index in [1.54, 1.807) is 6.92 Å². The van der Waals surface area contributed by atoms with Crippen LogP contribution >= 0.6 is 11.3 Å². The Kier molecular flexibility index (Phi) is 3.71. The number of nitrogens with zero attached hydrogens (tertiary/aromatic N) is 1. The zero-order chi connectivity index (χ0) is 14.2. The van der Waals surface area contributed by atoms with Gasteiger partial charge in [-0.2, -0.15) is 0 Å². The third-order valence-electron chi connectivity index (χ3n) is 3.20. The van der Waals surface area contributed by atoms with Gasteiger partial charge in [0.1, 0.15) is 4.88 Å². The van der Waals surface area contributed by atoms with Crippen LogP contribution in [-0.2, 0) is 6.42 Å². The minimum atomic E-state index is -0.890. The molecule has 0 fully saturated rings. The Hall–Kier alpha value is -1.68. The summed E-state index contributed by atoms with van der Waals surface area (Å²) in [6, 6.07) is 4.31. The number of thiazole rings is 1. The number of aromatic nitrogens is 1. The molecule has 1 heterocycles. The van der Waals surface area contributed by atoms with Crippen molar-refractivity contribution in [2.45, 2.75) is 34.1 Å². The molecule has 0 aliphatic carbocycles. The monoisotopic (exact) mass is 275 g/mol. The van der Waals surface area contributed by atoms with Gasteiger partial charge < -0.3 is 5.11 Å². The third-order valence-corrected chi connectivity index (χ3v) is 4.35. The van der Waals surface area contributed by atoms with E-state index in [2.05, 4.69) is 37.9 Å². The summed E-state index contributed by atoms with van der Waals surface area (Å²) in [7, 11) is 0. The maximum atomic E-state index is 11.0. The van der Waals surface area contributed by atoms with Crippen molar-refractivity contribution >= 4 is 17.3 Å². The number of hydrogen-bond donors (Lipinski definition) is 1. The van der Waals surface area contributed by atoms with Crippen molar-refractivity contribution in [1.29, 1.82) is 0 Å². The molecule has 2 rings (SSSR count). The minimum Gasteiger partial charge on any atom is -0.477 e. The Labute approximate surface area is 116 Å². The summed E-state index contributed by atoms with van der Waals surface area (Å²) in [4.78, 5) is 15.8. The molecule has 1 aromatic carbocycles. The molecule has 0 unspecified atom stereocenters. The highest BCUT2D eigenvalue weighted by atomic mass is 32.1. The molecule has 0 radical (unpaired) electrons. The van der Waals surface area contributed by atoms with Crippen LogP contribution in [0.1, 0.15) is 42.6 Å². The number of aromatic carboxylic acids is 1. The molecule has 19 heavy (non-hydrogen) atoms. The summed E-state index contributed by atoms with van der Waals surface area (Å²) in [5, 5.41) is 9.93. The molecular formula is C15H17NO2S. The van der Waals surface area contributed by atoms with Crippen molar-refractivity contribution < 1.29 is 9.90 Å². The smallest absolute Gasteiger partial charge is 0.347 e. The summed E-state index contributed by atoms with van der Waals surface area (Å²) in [5.41, 5.74) is 5.58. The Bertz CT molecular complexity index is 621. The molecule has 0 amide bonds. The van der Waals surface area contributed by atoms with Gasteiger partial charge >= 0.3 is 5.97 Å². The summed E-state index contributed by atoms with van der Waals surface area (Å²) in [6.45, 7) is 8.01. The largest absolute Gasteiger partial charge is 0.477 e. The van der Waals surface area contributed by atoms with Crippen molar-refractivity contribution in [3.05, 3.63) is 50.0 Å². The van der Waals surface area contributed by atoms with Crippen LogP contribution in [0.3, 0.4) is 0 Å². The van der Waals surface area contributed by atoms with Gasteiger partial charge in [-0.25, -0.2) is 9.78 Å². The standard InChI is InChI=1S/C15H17NO2S/c1-8-5-9(2)12(10(3)6-8)7-13-16-11(4)14(19-13)15(17)18/h5-6H,7H2,1-4H3,(H,17,18). The van der Waals surface area contributed by atoms with Crippen molar-refractivity contribution in [1.82, 2.24) is 4.98 Å². The molecule has 1 N–H and O–H groups in total. The molecule has 0 saturated carbocycles. The average Bonchev–Trinajstić information content (AvgIpc) is 2.65. The highest BCUT2D eigenvalue weighted by Gasteiger charge is 2.15. The predicted molar refractivity (Wildman–Crippen MR) is 77.3 cm³/mol. The second-order valence-corrected chi connectivity index (χ2v) is 5.96. The van der Waals surface area contributed by atoms with Crippen LogP contribution in [0.4, 0.5) is 0 Å². The van der Waals surface area contributed by atoms with Gasteiger partial charge in [-0.1, -0.05) is 17.7 Å². The first-order valence-electron chi connectivity index (χ1n) is 6.15. The number of carboxylic acid groups (broad SMARTS) is 1. The zero-order valence-electron chi connectivity index (χ0n) is 11.6. The Morgan fingerprint density at radius 2 is 1.79 bits per heavy atom. The minimum absolute atomic E-state index is 0.345. The van der Waals surface area contributed by atoms with Gasteiger partial charge in [0.15, 0.2) is 0 Å². The summed E-state index contributed by atoms with van der Waals surface area (Å²) in [6.07, 6.45) is 0.705. The van der Waals surface area contributed by atoms with E-state index in [1.807, 2.05) is 0 Å². The van der Waals surface area contributed by atoms with Gasteiger partial charge in [0.05, 0.1) is 10.7 Å². The van der Waals surface area contributed by atoms with Gasteiger partial charge in [0.25, 0.3) is 0 Å². The fourth-order valence-corrected chi connectivity index (χ4v) is 3.28. The first-order valence-corrected chi connectivity index (χ1v) is 6.96. The molecule has 0 saturated heterocycles. The molecule has 2 aromatic rings. The first kappa shape index (κ1) is 13.7. The molecule has 0 atom stereocenters. The van der Waals surface area contributed by atoms with E-state index in [0.29, 0.717) is 17.0 Å². The fourth-order valence-electron chi connectivity index (χ4n) is 2.37. The number of hydrogen-bond acceptors (Lipinski definition) is 3. The van der Waals surface area contributed by atoms with E-state index in [9.17, 15) is 4.79 Å². The van der Waals surface area contributed by atoms with Crippen LogP contribution < -0.4 is 0 Å². The molecule has 3 nitrogen and oxygen atoms in total. The van der Waals surface area contributed by atoms with Crippen molar-refractivity contribution in [3.63, 3.8) is 0 Å². The van der Waals surface area contributed by atoms with Crippen LogP contribution in [0.5, 0.6) is 0 Å². The van der Waals surface area contributed by atoms with E-state index in [0.717, 1.165) is 5.01 Å². The highest BCUT2D eigenvalue weighted by molar-refractivity contribution is 7.13. The summed E-state index contributed by atoms with van der Waals surface area (Å²) in [5.74, 6) is -0.890. The van der Waals surface area contributed by atoms with Crippen LogP contribution in [0.25, 0.3) is 0 Å². The molecule has 100 valence electrons. The molecule has 0 aliphatic heterocycles. The van der Waals surface area contributed by atoms with Gasteiger partial charge in [-0.15, -0.1) is 11.3 Å². The quantitative estimate of drug-likeness (QED) is 0.930. The van der Waals surface area contributed by atoms with Crippen LogP contribution in [0, 0.1) is 27.7 Å². The topological polar surface area (TPSA) is 50.2 Å². The van der Waals surface area contributed by atoms with Gasteiger partial charge in [0.2, 0.25) is 0 Å². The maximum absolute atomic E-state index is 11.0. The summed E-state index contributed by atoms with van der Waals surface area (Å²) >= 11 is 1.27. The molecule has 0 aliphatic rings. The second-order valence-electron chi connectivity index (χ2n) is 4.88. The third kappa shape index (κ3) is 2.84. The Morgan fingerprint density at radius 1 is 1.21 bits per heavy atom. The van der Waals surface area contributed by atoms with Gasteiger partial charge in [0, 0.05) is 6.42 Å². The molecule has 4 heteroatoms.